The maximum absolute atomic E-state index is 11.6. The molecule has 1 amide bonds. The second-order valence-corrected chi connectivity index (χ2v) is 3.45. The molecule has 0 spiro atoms. The fourth-order valence-corrected chi connectivity index (χ4v) is 1.22. The summed E-state index contributed by atoms with van der Waals surface area (Å²) in [4.78, 5) is 13.1. The van der Waals surface area contributed by atoms with Gasteiger partial charge in [0, 0.05) is 19.7 Å². The van der Waals surface area contributed by atoms with Crippen LogP contribution < -0.4 is 4.65 Å². The monoisotopic (exact) mass is 207 g/mol. The van der Waals surface area contributed by atoms with Crippen LogP contribution in [0.15, 0.2) is 18.2 Å². The van der Waals surface area contributed by atoms with Gasteiger partial charge in [-0.05, 0) is 24.6 Å². The number of hydrogen-bond acceptors (Lipinski definition) is 3. The summed E-state index contributed by atoms with van der Waals surface area (Å²) in [5, 5.41) is 8.67. The summed E-state index contributed by atoms with van der Waals surface area (Å²) in [5.41, 5.74) is 1.44. The maximum Gasteiger partial charge on any atom is 0.504 e. The number of aryl methyl sites for hydroxylation is 1. The second-order valence-electron chi connectivity index (χ2n) is 3.45. The Hall–Kier alpha value is -1.49. The molecule has 0 radical (unpaired) electrons. The van der Waals surface area contributed by atoms with E-state index in [-0.39, 0.29) is 13.6 Å². The van der Waals surface area contributed by atoms with Gasteiger partial charge in [0.05, 0.1) is 0 Å². The van der Waals surface area contributed by atoms with Crippen LogP contribution in [-0.4, -0.2) is 37.6 Å². The van der Waals surface area contributed by atoms with Gasteiger partial charge in [-0.3, -0.25) is 4.79 Å². The van der Waals surface area contributed by atoms with E-state index in [0.717, 1.165) is 5.56 Å². The first-order valence-corrected chi connectivity index (χ1v) is 4.62. The van der Waals surface area contributed by atoms with Crippen LogP contribution in [0.5, 0.6) is 5.75 Å². The molecule has 1 aromatic carbocycles. The lowest BCUT2D eigenvalue weighted by Gasteiger charge is -2.12. The fourth-order valence-electron chi connectivity index (χ4n) is 1.22. The van der Waals surface area contributed by atoms with Crippen LogP contribution in [0.2, 0.25) is 0 Å². The van der Waals surface area contributed by atoms with E-state index in [1.54, 1.807) is 32.3 Å². The van der Waals surface area contributed by atoms with E-state index in [4.69, 9.17) is 9.68 Å². The molecule has 4 nitrogen and oxygen atoms in total. The molecule has 0 aliphatic rings. The Kier molecular flexibility index (Phi) is 3.74. The highest BCUT2D eigenvalue weighted by Gasteiger charge is 2.10. The van der Waals surface area contributed by atoms with Crippen molar-refractivity contribution in [1.82, 2.24) is 4.90 Å². The van der Waals surface area contributed by atoms with Crippen LogP contribution in [0, 0.1) is 6.92 Å². The molecule has 80 valence electrons. The highest BCUT2D eigenvalue weighted by Crippen LogP contribution is 2.19. The van der Waals surface area contributed by atoms with Crippen LogP contribution in [0.1, 0.15) is 15.9 Å². The van der Waals surface area contributed by atoms with Gasteiger partial charge in [-0.1, -0.05) is 6.07 Å². The molecule has 0 atom stereocenters. The van der Waals surface area contributed by atoms with Gasteiger partial charge < -0.3 is 14.6 Å². The molecule has 0 saturated heterocycles. The largest absolute Gasteiger partial charge is 0.539 e. The van der Waals surface area contributed by atoms with Crippen molar-refractivity contribution < 1.29 is 14.5 Å². The van der Waals surface area contributed by atoms with Crippen molar-refractivity contribution in [2.75, 3.05) is 14.1 Å². The van der Waals surface area contributed by atoms with Crippen molar-refractivity contribution in [1.29, 1.82) is 0 Å². The maximum atomic E-state index is 11.6. The van der Waals surface area contributed by atoms with Crippen molar-refractivity contribution in [3.63, 3.8) is 0 Å². The predicted molar refractivity (Wildman–Crippen MR) is 59.2 cm³/mol. The molecule has 0 bridgehead atoms. The average molecular weight is 207 g/mol. The summed E-state index contributed by atoms with van der Waals surface area (Å²) in [6, 6.07) is 5.16. The summed E-state index contributed by atoms with van der Waals surface area (Å²) in [7, 11) is 2.99. The molecular weight excluding hydrogens is 193 g/mol. The Labute approximate surface area is 89.8 Å². The van der Waals surface area contributed by atoms with E-state index in [1.165, 1.54) is 4.90 Å². The standard InChI is InChI=1S/C10H14BNO3/c1-7-4-5-8(10(13)12(2)3)6-9(7)15-11-14/h4-6,11,14H,1-3H3. The van der Waals surface area contributed by atoms with Crippen molar-refractivity contribution in [3.05, 3.63) is 29.3 Å². The van der Waals surface area contributed by atoms with E-state index in [2.05, 4.69) is 0 Å². The highest BCUT2D eigenvalue weighted by molar-refractivity contribution is 6.17. The molecule has 1 rings (SSSR count). The number of rotatable bonds is 3. The van der Waals surface area contributed by atoms with Gasteiger partial charge in [0.1, 0.15) is 5.75 Å². The zero-order valence-electron chi connectivity index (χ0n) is 9.15. The SMILES string of the molecule is Cc1ccc(C(=O)N(C)C)cc1OBO. The molecule has 0 saturated carbocycles. The number of nitrogens with zero attached hydrogens (tertiary/aromatic N) is 1. The fraction of sp³-hybridized carbons (Fsp3) is 0.300. The molecule has 0 fully saturated rings. The van der Waals surface area contributed by atoms with Crippen LogP contribution in [0.25, 0.3) is 0 Å². The van der Waals surface area contributed by atoms with E-state index in [0.29, 0.717) is 11.3 Å². The van der Waals surface area contributed by atoms with Gasteiger partial charge >= 0.3 is 7.69 Å². The number of benzene rings is 1. The summed E-state index contributed by atoms with van der Waals surface area (Å²) in [6.45, 7) is 1.86. The quantitative estimate of drug-likeness (QED) is 0.726. The first-order valence-electron chi connectivity index (χ1n) is 4.62. The normalized spacial score (nSPS) is 9.60. The van der Waals surface area contributed by atoms with Gasteiger partial charge in [-0.15, -0.1) is 0 Å². The molecule has 0 heterocycles. The molecular formula is C10H14BNO3. The molecule has 1 aromatic rings. The minimum absolute atomic E-state index is 0.0854. The second kappa shape index (κ2) is 4.84. The Morgan fingerprint density at radius 1 is 1.47 bits per heavy atom. The van der Waals surface area contributed by atoms with Gasteiger partial charge in [0.25, 0.3) is 5.91 Å². The number of amides is 1. The first kappa shape index (κ1) is 11.6. The van der Waals surface area contributed by atoms with Crippen molar-refractivity contribution >= 4 is 13.6 Å². The van der Waals surface area contributed by atoms with Gasteiger partial charge in [0.2, 0.25) is 0 Å². The van der Waals surface area contributed by atoms with Gasteiger partial charge in [0.15, 0.2) is 0 Å². The van der Waals surface area contributed by atoms with E-state index in [1.807, 2.05) is 6.92 Å². The molecule has 0 aliphatic heterocycles. The number of carbonyl (C=O) groups excluding carboxylic acids is 1. The van der Waals surface area contributed by atoms with Gasteiger partial charge in [-0.25, -0.2) is 0 Å². The van der Waals surface area contributed by atoms with E-state index < -0.39 is 0 Å². The van der Waals surface area contributed by atoms with Crippen LogP contribution >= 0.6 is 0 Å². The number of carbonyl (C=O) groups is 1. The topological polar surface area (TPSA) is 49.8 Å². The van der Waals surface area contributed by atoms with Gasteiger partial charge in [-0.2, -0.15) is 0 Å². The summed E-state index contributed by atoms with van der Waals surface area (Å²) >= 11 is 0. The van der Waals surface area contributed by atoms with E-state index in [9.17, 15) is 4.79 Å². The summed E-state index contributed by atoms with van der Waals surface area (Å²) in [5.74, 6) is 0.447. The molecule has 0 unspecified atom stereocenters. The number of hydrogen-bond donors (Lipinski definition) is 1. The Morgan fingerprint density at radius 3 is 2.67 bits per heavy atom. The third-order valence-electron chi connectivity index (χ3n) is 2.06. The van der Waals surface area contributed by atoms with Crippen molar-refractivity contribution in [2.45, 2.75) is 6.92 Å². The first-order chi connectivity index (χ1) is 7.06. The van der Waals surface area contributed by atoms with Crippen LogP contribution in [0.4, 0.5) is 0 Å². The lowest BCUT2D eigenvalue weighted by atomic mass is 10.1. The van der Waals surface area contributed by atoms with Crippen molar-refractivity contribution in [2.24, 2.45) is 0 Å². The smallest absolute Gasteiger partial charge is 0.504 e. The lowest BCUT2D eigenvalue weighted by Crippen LogP contribution is -2.21. The molecule has 5 heteroatoms. The minimum atomic E-state index is -0.388. The van der Waals surface area contributed by atoms with Crippen molar-refractivity contribution in [3.8, 4) is 5.75 Å². The predicted octanol–water partition coefficient (Wildman–Crippen LogP) is 0.334. The molecule has 0 aliphatic carbocycles. The van der Waals surface area contributed by atoms with E-state index >= 15 is 0 Å². The Morgan fingerprint density at radius 2 is 2.13 bits per heavy atom. The third-order valence-corrected chi connectivity index (χ3v) is 2.06. The summed E-state index contributed by atoms with van der Waals surface area (Å²) < 4.78 is 4.99. The highest BCUT2D eigenvalue weighted by atomic mass is 16.5. The average Bonchev–Trinajstić information content (AvgIpc) is 2.20. The Bertz CT molecular complexity index is 366. The molecule has 1 N–H and O–H groups in total. The molecule has 15 heavy (non-hydrogen) atoms. The zero-order chi connectivity index (χ0) is 11.4. The lowest BCUT2D eigenvalue weighted by molar-refractivity contribution is 0.0827. The third kappa shape index (κ3) is 2.73. The summed E-state index contributed by atoms with van der Waals surface area (Å²) in [6.07, 6.45) is 0. The molecule has 0 aromatic heterocycles. The van der Waals surface area contributed by atoms with Crippen LogP contribution in [0.3, 0.4) is 0 Å². The van der Waals surface area contributed by atoms with Crippen LogP contribution in [-0.2, 0) is 0 Å². The Balaban J connectivity index is 3.01. The zero-order valence-corrected chi connectivity index (χ0v) is 9.15. The minimum Gasteiger partial charge on any atom is -0.539 e.